The number of halogens is 1. The number of nitrogens with zero attached hydrogens (tertiary/aromatic N) is 2. The number of para-hydroxylation sites is 1. The predicted octanol–water partition coefficient (Wildman–Crippen LogP) is 4.70. The van der Waals surface area contributed by atoms with Crippen LogP contribution in [-0.2, 0) is 33.7 Å². The molecule has 5 rings (SSSR count). The Bertz CT molecular complexity index is 1550. The number of imidazole rings is 1. The molecule has 0 atom stereocenters. The highest BCUT2D eigenvalue weighted by Crippen LogP contribution is 2.29. The van der Waals surface area contributed by atoms with Gasteiger partial charge in [0.1, 0.15) is 6.61 Å². The van der Waals surface area contributed by atoms with E-state index in [-0.39, 0.29) is 18.1 Å². The number of hydrogen-bond acceptors (Lipinski definition) is 4. The van der Waals surface area contributed by atoms with Crippen LogP contribution in [-0.4, -0.2) is 27.8 Å². The maximum atomic E-state index is 12.2. The monoisotopic (exact) mass is 506 g/mol. The second-order valence-corrected chi connectivity index (χ2v) is 8.78. The van der Waals surface area contributed by atoms with Gasteiger partial charge in [-0.15, -0.1) is 12.4 Å². The molecule has 0 unspecified atom stereocenters. The van der Waals surface area contributed by atoms with E-state index in [1.165, 1.54) is 16.5 Å². The fourth-order valence-electron chi connectivity index (χ4n) is 4.54. The quantitative estimate of drug-likeness (QED) is 0.284. The number of benzene rings is 3. The van der Waals surface area contributed by atoms with Gasteiger partial charge in [0, 0.05) is 37.7 Å². The molecule has 0 aliphatic rings. The maximum Gasteiger partial charge on any atom is 0.328 e. The van der Waals surface area contributed by atoms with Crippen molar-refractivity contribution in [3.05, 3.63) is 94.0 Å². The van der Waals surface area contributed by atoms with Gasteiger partial charge in [0.25, 0.3) is 0 Å². The molecule has 5 aromatic rings. The Labute approximate surface area is 216 Å². The summed E-state index contributed by atoms with van der Waals surface area (Å²) in [5.41, 5.74) is 6.38. The number of ether oxygens (including phenoxy) is 2. The Balaban J connectivity index is 0.00000304. The largest absolute Gasteiger partial charge is 0.493 e. The molecule has 0 amide bonds. The normalized spacial score (nSPS) is 11.1. The molecular weight excluding hydrogens is 476 g/mol. The van der Waals surface area contributed by atoms with Crippen LogP contribution in [0.4, 0.5) is 0 Å². The lowest BCUT2D eigenvalue weighted by molar-refractivity contribution is 0.284. The summed E-state index contributed by atoms with van der Waals surface area (Å²) in [6.07, 6.45) is 3.05. The summed E-state index contributed by atoms with van der Waals surface area (Å²) in [5.74, 6) is 1.39. The highest BCUT2D eigenvalue weighted by atomic mass is 35.5. The number of hydrogen-bond donors (Lipinski definition) is 2. The minimum Gasteiger partial charge on any atom is -0.493 e. The van der Waals surface area contributed by atoms with Gasteiger partial charge in [0.05, 0.1) is 18.1 Å². The number of aryl methyl sites for hydroxylation is 2. The van der Waals surface area contributed by atoms with E-state index >= 15 is 0 Å². The van der Waals surface area contributed by atoms with Gasteiger partial charge < -0.3 is 19.8 Å². The first kappa shape index (κ1) is 25.4. The molecule has 0 aliphatic carbocycles. The number of methoxy groups -OCH3 is 1. The van der Waals surface area contributed by atoms with Crippen molar-refractivity contribution in [2.45, 2.75) is 19.6 Å². The molecule has 0 fully saturated rings. The number of nitrogens with one attached hydrogen (secondary N) is 2. The molecule has 0 saturated heterocycles. The van der Waals surface area contributed by atoms with E-state index in [2.05, 4.69) is 40.8 Å². The van der Waals surface area contributed by atoms with Crippen LogP contribution in [0.2, 0.25) is 0 Å². The zero-order valence-corrected chi connectivity index (χ0v) is 21.5. The first-order chi connectivity index (χ1) is 17.0. The number of aromatic amines is 1. The van der Waals surface area contributed by atoms with Crippen LogP contribution in [0.25, 0.3) is 21.9 Å². The molecule has 0 spiro atoms. The predicted molar refractivity (Wildman–Crippen MR) is 146 cm³/mol. The third kappa shape index (κ3) is 4.98. The molecule has 2 heterocycles. The molecule has 2 aromatic heterocycles. The molecule has 3 aromatic carbocycles. The van der Waals surface area contributed by atoms with Crippen molar-refractivity contribution in [2.24, 2.45) is 14.1 Å². The summed E-state index contributed by atoms with van der Waals surface area (Å²) in [5, 5.41) is 4.81. The summed E-state index contributed by atoms with van der Waals surface area (Å²) in [4.78, 5) is 15.5. The SMILES string of the molecule is COc1cc(CNCCc2c[nH]c3ccccc23)ccc1OCc1ccc2c(c1)n(C)c(=O)n2C.Cl. The molecule has 8 heteroatoms. The van der Waals surface area contributed by atoms with Crippen LogP contribution in [0.5, 0.6) is 11.5 Å². The van der Waals surface area contributed by atoms with Crippen LogP contribution in [0, 0.1) is 0 Å². The van der Waals surface area contributed by atoms with Crippen molar-refractivity contribution in [3.63, 3.8) is 0 Å². The van der Waals surface area contributed by atoms with Crippen molar-refractivity contribution >= 4 is 34.3 Å². The van der Waals surface area contributed by atoms with Crippen LogP contribution in [0.3, 0.4) is 0 Å². The topological polar surface area (TPSA) is 73.2 Å². The lowest BCUT2D eigenvalue weighted by Crippen LogP contribution is -2.19. The van der Waals surface area contributed by atoms with Crippen LogP contribution in [0.15, 0.2) is 71.7 Å². The third-order valence-electron chi connectivity index (χ3n) is 6.53. The zero-order valence-electron chi connectivity index (χ0n) is 20.7. The van der Waals surface area contributed by atoms with Crippen molar-refractivity contribution in [2.75, 3.05) is 13.7 Å². The lowest BCUT2D eigenvalue weighted by Gasteiger charge is -2.13. The number of rotatable bonds is 9. The van der Waals surface area contributed by atoms with Gasteiger partial charge in [0.2, 0.25) is 0 Å². The standard InChI is InChI=1S/C28H30N4O3.ClH/c1-31-24-10-8-20(14-25(24)32(2)28(31)33)18-35-26-11-9-19(15-27(26)34-3)16-29-13-12-21-17-30-23-7-5-4-6-22(21)23;/h4-11,14-15,17,29-30H,12-13,16,18H2,1-3H3;1H. The zero-order chi connectivity index (χ0) is 24.4. The van der Waals surface area contributed by atoms with E-state index in [1.807, 2.05) is 36.4 Å². The summed E-state index contributed by atoms with van der Waals surface area (Å²) >= 11 is 0. The van der Waals surface area contributed by atoms with Crippen molar-refractivity contribution in [3.8, 4) is 11.5 Å². The van der Waals surface area contributed by atoms with E-state index < -0.39 is 0 Å². The van der Waals surface area contributed by atoms with Crippen LogP contribution >= 0.6 is 12.4 Å². The number of fused-ring (bicyclic) bond motifs is 2. The molecule has 0 radical (unpaired) electrons. The van der Waals surface area contributed by atoms with E-state index in [0.717, 1.165) is 41.7 Å². The maximum absolute atomic E-state index is 12.2. The number of H-pyrrole nitrogens is 1. The van der Waals surface area contributed by atoms with Crippen molar-refractivity contribution in [1.29, 1.82) is 0 Å². The Hall–Kier alpha value is -3.68. The Morgan fingerprint density at radius 3 is 2.53 bits per heavy atom. The van der Waals surface area contributed by atoms with Crippen LogP contribution < -0.4 is 20.5 Å². The van der Waals surface area contributed by atoms with Gasteiger partial charge >= 0.3 is 5.69 Å². The molecule has 0 bridgehead atoms. The summed E-state index contributed by atoms with van der Waals surface area (Å²) in [6.45, 7) is 2.02. The average Bonchev–Trinajstić information content (AvgIpc) is 3.40. The molecular formula is C28H31ClN4O3. The highest BCUT2D eigenvalue weighted by Gasteiger charge is 2.10. The minimum absolute atomic E-state index is 0. The van der Waals surface area contributed by atoms with E-state index in [0.29, 0.717) is 18.1 Å². The average molecular weight is 507 g/mol. The van der Waals surface area contributed by atoms with Crippen molar-refractivity contribution in [1.82, 2.24) is 19.4 Å². The molecule has 188 valence electrons. The summed E-state index contributed by atoms with van der Waals surface area (Å²) in [6, 6.07) is 20.3. The van der Waals surface area contributed by atoms with Gasteiger partial charge in [0.15, 0.2) is 11.5 Å². The van der Waals surface area contributed by atoms with Gasteiger partial charge in [-0.05, 0) is 60.0 Å². The van der Waals surface area contributed by atoms with Crippen LogP contribution in [0.1, 0.15) is 16.7 Å². The van der Waals surface area contributed by atoms with Gasteiger partial charge in [-0.1, -0.05) is 30.3 Å². The minimum atomic E-state index is -0.0367. The summed E-state index contributed by atoms with van der Waals surface area (Å²) < 4.78 is 15.0. The fraction of sp³-hybridized carbons (Fsp3) is 0.250. The Morgan fingerprint density at radius 1 is 0.917 bits per heavy atom. The lowest BCUT2D eigenvalue weighted by atomic mass is 10.1. The second kappa shape index (κ2) is 10.9. The smallest absolute Gasteiger partial charge is 0.328 e. The first-order valence-corrected chi connectivity index (χ1v) is 11.7. The van der Waals surface area contributed by atoms with Crippen molar-refractivity contribution < 1.29 is 9.47 Å². The Morgan fingerprint density at radius 2 is 1.69 bits per heavy atom. The third-order valence-corrected chi connectivity index (χ3v) is 6.53. The van der Waals surface area contributed by atoms with Gasteiger partial charge in [-0.3, -0.25) is 9.13 Å². The fourth-order valence-corrected chi connectivity index (χ4v) is 4.54. The van der Waals surface area contributed by atoms with E-state index in [4.69, 9.17) is 9.47 Å². The number of aromatic nitrogens is 3. The van der Waals surface area contributed by atoms with Gasteiger partial charge in [-0.25, -0.2) is 4.79 Å². The van der Waals surface area contributed by atoms with E-state index in [9.17, 15) is 4.79 Å². The summed E-state index contributed by atoms with van der Waals surface area (Å²) in [7, 11) is 5.22. The Kier molecular flexibility index (Phi) is 7.72. The molecule has 2 N–H and O–H groups in total. The molecule has 7 nitrogen and oxygen atoms in total. The molecule has 0 aliphatic heterocycles. The highest BCUT2D eigenvalue weighted by molar-refractivity contribution is 5.85. The first-order valence-electron chi connectivity index (χ1n) is 11.7. The molecule has 36 heavy (non-hydrogen) atoms. The molecule has 0 saturated carbocycles. The van der Waals surface area contributed by atoms with E-state index in [1.54, 1.807) is 30.3 Å². The second-order valence-electron chi connectivity index (χ2n) is 8.78. The van der Waals surface area contributed by atoms with Gasteiger partial charge in [-0.2, -0.15) is 0 Å².